The third-order valence-corrected chi connectivity index (χ3v) is 7.56. The van der Waals surface area contributed by atoms with E-state index in [2.05, 4.69) is 70.2 Å². The Balaban J connectivity index is 1.36. The van der Waals surface area contributed by atoms with E-state index < -0.39 is 0 Å². The zero-order valence-electron chi connectivity index (χ0n) is 20.5. The van der Waals surface area contributed by atoms with Crippen LogP contribution in [0, 0.1) is 5.92 Å². The molecule has 0 fully saturated rings. The fraction of sp³-hybridized carbons (Fsp3) is 0.346. The molecule has 4 rings (SSSR count). The number of hydrogen-bond acceptors (Lipinski definition) is 9. The normalized spacial score (nSPS) is 12.7. The van der Waals surface area contributed by atoms with Crippen LogP contribution in [0.2, 0.25) is 0 Å². The molecule has 0 radical (unpaired) electrons. The molecule has 0 bridgehead atoms. The first-order valence-electron chi connectivity index (χ1n) is 11.9. The zero-order valence-corrected chi connectivity index (χ0v) is 22.1. The van der Waals surface area contributed by atoms with E-state index in [4.69, 9.17) is 4.74 Å². The van der Waals surface area contributed by atoms with Gasteiger partial charge >= 0.3 is 0 Å². The minimum absolute atomic E-state index is 0.543. The summed E-state index contributed by atoms with van der Waals surface area (Å²) >= 11 is 2.99. The molecule has 2 heterocycles. The monoisotopic (exact) mass is 506 g/mol. The summed E-state index contributed by atoms with van der Waals surface area (Å²) < 4.78 is 6.82. The smallest absolute Gasteiger partial charge is 0.231 e. The van der Waals surface area contributed by atoms with E-state index >= 15 is 0 Å². The van der Waals surface area contributed by atoms with Crippen LogP contribution < -0.4 is 9.64 Å². The van der Waals surface area contributed by atoms with E-state index in [0.717, 1.165) is 57.8 Å². The zero-order chi connectivity index (χ0) is 24.6. The topological polar surface area (TPSA) is 74.8 Å². The van der Waals surface area contributed by atoms with Gasteiger partial charge in [-0.2, -0.15) is 0 Å². The molecule has 0 aliphatic carbocycles. The van der Waals surface area contributed by atoms with Crippen molar-refractivity contribution in [2.24, 2.45) is 26.4 Å². The highest BCUT2D eigenvalue weighted by Crippen LogP contribution is 2.39. The summed E-state index contributed by atoms with van der Waals surface area (Å²) in [5.41, 5.74) is 2.79. The maximum atomic E-state index is 5.79. The Kier molecular flexibility index (Phi) is 8.54. The highest BCUT2D eigenvalue weighted by Gasteiger charge is 2.09. The van der Waals surface area contributed by atoms with Gasteiger partial charge in [-0.05, 0) is 74.4 Å². The third kappa shape index (κ3) is 6.70. The van der Waals surface area contributed by atoms with Crippen LogP contribution in [0.5, 0.6) is 5.75 Å². The van der Waals surface area contributed by atoms with Crippen molar-refractivity contribution in [3.05, 3.63) is 54.6 Å². The van der Waals surface area contributed by atoms with Gasteiger partial charge in [0.2, 0.25) is 5.13 Å². The number of hydrogen-bond donors (Lipinski definition) is 0. The molecule has 1 unspecified atom stereocenters. The van der Waals surface area contributed by atoms with Gasteiger partial charge in [-0.3, -0.25) is 0 Å². The van der Waals surface area contributed by atoms with E-state index in [0.29, 0.717) is 11.0 Å². The first-order chi connectivity index (χ1) is 17.1. The van der Waals surface area contributed by atoms with Gasteiger partial charge < -0.3 is 9.64 Å². The van der Waals surface area contributed by atoms with E-state index in [1.807, 2.05) is 42.5 Å². The lowest BCUT2D eigenvalue weighted by atomic mass is 10.1. The molecule has 7 nitrogen and oxygen atoms in total. The summed E-state index contributed by atoms with van der Waals surface area (Å²) in [6.45, 7) is 11.3. The quantitative estimate of drug-likeness (QED) is 0.190. The lowest BCUT2D eigenvalue weighted by Gasteiger charge is -2.20. The van der Waals surface area contributed by atoms with Crippen molar-refractivity contribution in [3.8, 4) is 5.75 Å². The summed E-state index contributed by atoms with van der Waals surface area (Å²) in [7, 11) is 0. The first-order valence-corrected chi connectivity index (χ1v) is 13.5. The molecule has 2 aromatic heterocycles. The molecule has 9 heteroatoms. The Labute approximate surface area is 214 Å². The molecule has 0 amide bonds. The van der Waals surface area contributed by atoms with E-state index in [-0.39, 0.29) is 0 Å². The SMILES string of the molecule is CCC(C)COc1ccc(N=Nc2cc3sc(N=Nc4ccc(N(CC)CC)cc4)nc3s2)cc1. The molecule has 0 N–H and O–H groups in total. The van der Waals surface area contributed by atoms with Gasteiger partial charge in [-0.15, -0.1) is 20.5 Å². The number of anilines is 1. The Bertz CT molecular complexity index is 1240. The Morgan fingerprint density at radius 2 is 1.51 bits per heavy atom. The predicted molar refractivity (Wildman–Crippen MR) is 147 cm³/mol. The Hall–Kier alpha value is -3.17. The van der Waals surface area contributed by atoms with Gasteiger partial charge in [0.05, 0.1) is 22.7 Å². The molecule has 0 aliphatic heterocycles. The summed E-state index contributed by atoms with van der Waals surface area (Å²) in [4.78, 5) is 7.77. The first kappa shape index (κ1) is 24.9. The van der Waals surface area contributed by atoms with Crippen LogP contribution in [0.1, 0.15) is 34.1 Å². The second-order valence-electron chi connectivity index (χ2n) is 8.16. The molecular formula is C26H30N6OS2. The van der Waals surface area contributed by atoms with Crippen molar-refractivity contribution in [3.63, 3.8) is 0 Å². The fourth-order valence-corrected chi connectivity index (χ4v) is 5.14. The summed E-state index contributed by atoms with van der Waals surface area (Å²) in [6.07, 6.45) is 1.11. The number of rotatable bonds is 11. The fourth-order valence-electron chi connectivity index (χ4n) is 3.30. The average Bonchev–Trinajstić information content (AvgIpc) is 3.45. The van der Waals surface area contributed by atoms with Crippen LogP contribution in [0.3, 0.4) is 0 Å². The molecule has 35 heavy (non-hydrogen) atoms. The van der Waals surface area contributed by atoms with Gasteiger partial charge in [0.25, 0.3) is 0 Å². The van der Waals surface area contributed by atoms with Gasteiger partial charge in [-0.25, -0.2) is 4.98 Å². The molecule has 4 aromatic rings. The largest absolute Gasteiger partial charge is 0.493 e. The van der Waals surface area contributed by atoms with Crippen LogP contribution in [0.25, 0.3) is 9.53 Å². The van der Waals surface area contributed by atoms with Crippen LogP contribution in [0.4, 0.5) is 27.2 Å². The van der Waals surface area contributed by atoms with E-state index in [9.17, 15) is 0 Å². The highest BCUT2D eigenvalue weighted by atomic mass is 32.1. The van der Waals surface area contributed by atoms with Crippen LogP contribution in [-0.2, 0) is 0 Å². The second-order valence-corrected chi connectivity index (χ2v) is 10.2. The average molecular weight is 507 g/mol. The molecule has 2 aromatic carbocycles. The lowest BCUT2D eigenvalue weighted by Crippen LogP contribution is -2.21. The van der Waals surface area contributed by atoms with Gasteiger partial charge in [-0.1, -0.05) is 42.9 Å². The summed E-state index contributed by atoms with van der Waals surface area (Å²) in [6, 6.07) is 17.8. The van der Waals surface area contributed by atoms with Crippen molar-refractivity contribution in [1.82, 2.24) is 4.98 Å². The maximum absolute atomic E-state index is 5.79. The molecule has 0 saturated carbocycles. The highest BCUT2D eigenvalue weighted by molar-refractivity contribution is 7.30. The minimum atomic E-state index is 0.543. The van der Waals surface area contributed by atoms with Crippen molar-refractivity contribution in [2.45, 2.75) is 34.1 Å². The third-order valence-electron chi connectivity index (χ3n) is 5.63. The van der Waals surface area contributed by atoms with Gasteiger partial charge in [0, 0.05) is 18.8 Å². The standard InChI is InChI=1S/C26H30N6OS2/c1-5-18(4)17-33-22-14-10-20(11-15-22)28-30-24-16-23-25(35-24)27-26(34-23)31-29-19-8-12-21(13-9-19)32(6-2)7-3/h8-16,18H,5-7,17H2,1-4H3. The minimum Gasteiger partial charge on any atom is -0.493 e. The number of benzene rings is 2. The van der Waals surface area contributed by atoms with Crippen LogP contribution in [0.15, 0.2) is 75.1 Å². The molecule has 182 valence electrons. The van der Waals surface area contributed by atoms with Crippen LogP contribution in [-0.4, -0.2) is 24.7 Å². The number of azo groups is 2. The Morgan fingerprint density at radius 3 is 2.14 bits per heavy atom. The Morgan fingerprint density at radius 1 is 0.857 bits per heavy atom. The number of thiophene rings is 1. The van der Waals surface area contributed by atoms with E-state index in [1.54, 1.807) is 0 Å². The number of nitrogens with zero attached hydrogens (tertiary/aromatic N) is 6. The maximum Gasteiger partial charge on any atom is 0.231 e. The van der Waals surface area contributed by atoms with E-state index in [1.165, 1.54) is 28.4 Å². The summed E-state index contributed by atoms with van der Waals surface area (Å²) in [5, 5.41) is 18.8. The van der Waals surface area contributed by atoms with Gasteiger partial charge in [0.15, 0.2) is 0 Å². The molecule has 0 saturated heterocycles. The van der Waals surface area contributed by atoms with Crippen molar-refractivity contribution in [2.75, 3.05) is 24.6 Å². The molecule has 0 spiro atoms. The number of thiazole rings is 1. The number of aromatic nitrogens is 1. The van der Waals surface area contributed by atoms with Crippen LogP contribution >= 0.6 is 22.7 Å². The van der Waals surface area contributed by atoms with Crippen molar-refractivity contribution in [1.29, 1.82) is 0 Å². The number of fused-ring (bicyclic) bond motifs is 1. The second kappa shape index (κ2) is 12.0. The molecule has 0 aliphatic rings. The number of ether oxygens (including phenoxy) is 1. The van der Waals surface area contributed by atoms with Gasteiger partial charge in [0.1, 0.15) is 15.6 Å². The summed E-state index contributed by atoms with van der Waals surface area (Å²) in [5.74, 6) is 1.40. The lowest BCUT2D eigenvalue weighted by molar-refractivity contribution is 0.256. The van der Waals surface area contributed by atoms with Crippen molar-refractivity contribution < 1.29 is 4.74 Å². The molecular weight excluding hydrogens is 476 g/mol. The van der Waals surface area contributed by atoms with Crippen molar-refractivity contribution >= 4 is 59.4 Å². The molecule has 1 atom stereocenters. The predicted octanol–water partition coefficient (Wildman–Crippen LogP) is 9.46.